The number of carbonyl (C=O) groups is 3. The van der Waals surface area contributed by atoms with Crippen LogP contribution in [0, 0.1) is 5.41 Å². The highest BCUT2D eigenvalue weighted by Crippen LogP contribution is 2.36. The summed E-state index contributed by atoms with van der Waals surface area (Å²) in [5.74, 6) is 3.77. The number of pyridine rings is 1. The molecular formula is C62H81ClN10O9S2. The lowest BCUT2D eigenvalue weighted by Crippen LogP contribution is -2.46. The molecule has 19 nitrogen and oxygen atoms in total. The number of ether oxygens (including phenoxy) is 3. The molecule has 452 valence electrons. The number of sulfone groups is 1. The largest absolute Gasteiger partial charge is 0.428 e. The smallest absolute Gasteiger partial charge is 0.314 e. The lowest BCUT2D eigenvalue weighted by molar-refractivity contribution is -0.172. The van der Waals surface area contributed by atoms with Gasteiger partial charge in [-0.1, -0.05) is 68.3 Å². The summed E-state index contributed by atoms with van der Waals surface area (Å²) in [6.45, 7) is 14.1. The Balaban J connectivity index is 0.740. The van der Waals surface area contributed by atoms with Crippen molar-refractivity contribution in [2.24, 2.45) is 5.41 Å². The maximum atomic E-state index is 14.9. The third-order valence-electron chi connectivity index (χ3n) is 15.3. The van der Waals surface area contributed by atoms with Gasteiger partial charge in [0.05, 0.1) is 66.3 Å². The number of benzene rings is 3. The molecule has 0 radical (unpaired) electrons. The molecule has 2 aliphatic rings. The maximum Gasteiger partial charge on any atom is 0.314 e. The van der Waals surface area contributed by atoms with Crippen molar-refractivity contribution in [3.05, 3.63) is 108 Å². The Morgan fingerprint density at radius 1 is 0.786 bits per heavy atom. The molecule has 0 saturated carbocycles. The van der Waals surface area contributed by atoms with E-state index in [-0.39, 0.29) is 28.4 Å². The summed E-state index contributed by atoms with van der Waals surface area (Å²) in [5.41, 5.74) is 4.84. The molecule has 1 amide bonds. The molecule has 3 aromatic carbocycles. The molecule has 3 aromatic heterocycles. The molecule has 0 bridgehead atoms. The van der Waals surface area contributed by atoms with Crippen molar-refractivity contribution >= 4 is 94.9 Å². The number of rotatable bonds is 27. The number of halogens is 1. The van der Waals surface area contributed by atoms with Crippen LogP contribution in [0.25, 0.3) is 16.6 Å². The second kappa shape index (κ2) is 29.0. The molecule has 1 unspecified atom stereocenters. The minimum Gasteiger partial charge on any atom is -0.428 e. The normalized spacial score (nSPS) is 15.5. The van der Waals surface area contributed by atoms with Crippen LogP contribution in [0.3, 0.4) is 0 Å². The summed E-state index contributed by atoms with van der Waals surface area (Å²) in [6, 6.07) is 24.1. The van der Waals surface area contributed by atoms with Crippen LogP contribution >= 0.6 is 11.6 Å². The Hall–Kier alpha value is -6.62. The zero-order valence-electron chi connectivity index (χ0n) is 49.2. The number of amides is 1. The Morgan fingerprint density at radius 2 is 1.46 bits per heavy atom. The van der Waals surface area contributed by atoms with Crippen molar-refractivity contribution in [1.82, 2.24) is 28.8 Å². The molecule has 8 rings (SSSR count). The number of hydrogen-bond acceptors (Lipinski definition) is 16. The van der Waals surface area contributed by atoms with Crippen LogP contribution in [0.4, 0.5) is 34.5 Å². The van der Waals surface area contributed by atoms with Crippen LogP contribution in [0.5, 0.6) is 0 Å². The Kier molecular flexibility index (Phi) is 21.9. The molecule has 1 atom stereocenters. The van der Waals surface area contributed by atoms with Crippen LogP contribution in [0.2, 0.25) is 5.02 Å². The van der Waals surface area contributed by atoms with Crippen LogP contribution in [-0.2, 0) is 54.6 Å². The maximum absolute atomic E-state index is 14.9. The van der Waals surface area contributed by atoms with Gasteiger partial charge >= 0.3 is 11.9 Å². The van der Waals surface area contributed by atoms with Crippen molar-refractivity contribution in [1.29, 1.82) is 0 Å². The third-order valence-corrected chi connectivity index (χ3v) is 20.0. The SMILES string of the molecule is C=S(=O)(c1cc(NC(=O)CCCCCCCCCCN2CCN(c3ccc(Nc4ncc(Cl)c(Nc5ccccc5S(=O)(=O)C(C)C)n4)cc3)CC2)ccc1-c1ccn2ncc(CC(=O)OCOC(=O)C(C)(C)C)c2c1)N1CCC(OC)CC1. The monoisotopic (exact) mass is 1210 g/mol. The molecule has 5 heterocycles. The number of hydrogen-bond donors (Lipinski definition) is 3. The Bertz CT molecular complexity index is 3450. The Labute approximate surface area is 500 Å². The van der Waals surface area contributed by atoms with Crippen LogP contribution in [-0.4, -0.2) is 136 Å². The zero-order chi connectivity index (χ0) is 60.0. The first-order chi connectivity index (χ1) is 40.2. The third kappa shape index (κ3) is 16.8. The first kappa shape index (κ1) is 63.4. The van der Waals surface area contributed by atoms with E-state index in [1.807, 2.05) is 40.7 Å². The molecule has 22 heteroatoms. The first-order valence-corrected chi connectivity index (χ1v) is 32.7. The number of anilines is 6. The van der Waals surface area contributed by atoms with Gasteiger partial charge in [0.15, 0.2) is 15.7 Å². The number of aromatic nitrogens is 4. The van der Waals surface area contributed by atoms with Crippen molar-refractivity contribution < 1.29 is 41.2 Å². The zero-order valence-corrected chi connectivity index (χ0v) is 51.6. The van der Waals surface area contributed by atoms with Crippen molar-refractivity contribution in [2.45, 2.75) is 133 Å². The number of piperazine rings is 1. The molecule has 84 heavy (non-hydrogen) atoms. The quantitative estimate of drug-likeness (QED) is 0.0189. The molecule has 6 aromatic rings. The van der Waals surface area contributed by atoms with Gasteiger partial charge in [0, 0.05) is 81.6 Å². The van der Waals surface area contributed by atoms with Gasteiger partial charge in [0.25, 0.3) is 0 Å². The average Bonchev–Trinajstić information content (AvgIpc) is 2.61. The highest BCUT2D eigenvalue weighted by atomic mass is 35.5. The minimum absolute atomic E-state index is 0.0801. The second-order valence-electron chi connectivity index (χ2n) is 22.9. The van der Waals surface area contributed by atoms with Crippen molar-refractivity contribution in [3.63, 3.8) is 0 Å². The summed E-state index contributed by atoms with van der Waals surface area (Å²) < 4.78 is 60.5. The van der Waals surface area contributed by atoms with E-state index in [9.17, 15) is 27.0 Å². The highest BCUT2D eigenvalue weighted by Gasteiger charge is 2.29. The predicted molar refractivity (Wildman–Crippen MR) is 334 cm³/mol. The number of nitrogens with zero attached hydrogens (tertiary/aromatic N) is 7. The van der Waals surface area contributed by atoms with E-state index in [0.29, 0.717) is 77.0 Å². The average molecular weight is 1210 g/mol. The fraction of sp³-hybridized carbons (Fsp3) is 0.468. The number of nitrogens with one attached hydrogen (secondary N) is 3. The van der Waals surface area contributed by atoms with Crippen LogP contribution < -0.4 is 20.9 Å². The summed E-state index contributed by atoms with van der Waals surface area (Å²) in [6.07, 6.45) is 15.3. The van der Waals surface area contributed by atoms with E-state index in [2.05, 4.69) is 58.8 Å². The summed E-state index contributed by atoms with van der Waals surface area (Å²) in [7, 11) is -4.89. The highest BCUT2D eigenvalue weighted by molar-refractivity contribution is 7.98. The van der Waals surface area contributed by atoms with E-state index in [1.54, 1.807) is 89.0 Å². The number of esters is 2. The number of unbranched alkanes of at least 4 members (excludes halogenated alkanes) is 7. The Morgan fingerprint density at radius 3 is 2.15 bits per heavy atom. The van der Waals surface area contributed by atoms with Crippen molar-refractivity contribution in [3.8, 4) is 11.1 Å². The van der Waals surface area contributed by atoms with Gasteiger partial charge in [-0.25, -0.2) is 26.4 Å². The first-order valence-electron chi connectivity index (χ1n) is 29.0. The molecule has 0 aliphatic carbocycles. The fourth-order valence-corrected chi connectivity index (χ4v) is 13.5. The van der Waals surface area contributed by atoms with Crippen LogP contribution in [0.15, 0.2) is 107 Å². The topological polar surface area (TPSA) is 219 Å². The number of piperidine rings is 1. The molecule has 3 N–H and O–H groups in total. The van der Waals surface area contributed by atoms with Gasteiger partial charge in [0.2, 0.25) is 18.6 Å². The molecule has 2 saturated heterocycles. The summed E-state index contributed by atoms with van der Waals surface area (Å²) >= 11 is 6.45. The molecule has 2 fully saturated rings. The van der Waals surface area contributed by atoms with Gasteiger partial charge in [-0.15, -0.1) is 0 Å². The summed E-state index contributed by atoms with van der Waals surface area (Å²) in [5, 5.41) is 13.5. The lowest BCUT2D eigenvalue weighted by Gasteiger charge is -2.36. The van der Waals surface area contributed by atoms with E-state index in [1.165, 1.54) is 31.9 Å². The van der Waals surface area contributed by atoms with E-state index in [0.717, 1.165) is 75.3 Å². The van der Waals surface area contributed by atoms with E-state index < -0.39 is 48.9 Å². The minimum atomic E-state index is -3.55. The standard InChI is InChI=1S/C62H81ClN10O9S2/c1-44(2)84(78,79)55-19-16-15-18-53(55)68-59-52(63)42-64-61(69-59)67-47-21-24-49(25-22-47)71-36-34-70(35-37-71)30-17-13-11-9-8-10-12-14-20-57(74)66-48-23-26-51(56(40-48)83(7,77)72-31-28-50(80-6)29-32-72)45-27-33-73-54(38-45)46(41-65-73)39-58(75)81-43-82-60(76)62(3,4)5/h15-16,18-19,21-27,33,38,40-42,44,50H,7-14,17,20,28-32,34-37,39,43H2,1-6H3,(H,66,74)(H2,64,67,68,69). The van der Waals surface area contributed by atoms with Gasteiger partial charge in [-0.05, 0) is 145 Å². The second-order valence-corrected chi connectivity index (χ2v) is 28.0. The number of para-hydroxylation sites is 1. The van der Waals surface area contributed by atoms with E-state index >= 15 is 0 Å². The van der Waals surface area contributed by atoms with Gasteiger partial charge in [-0.3, -0.25) is 19.3 Å². The number of methoxy groups -OCH3 is 1. The molecular weight excluding hydrogens is 1130 g/mol. The van der Waals surface area contributed by atoms with Crippen molar-refractivity contribution in [2.75, 3.05) is 80.6 Å². The lowest BCUT2D eigenvalue weighted by atomic mass is 9.98. The summed E-state index contributed by atoms with van der Waals surface area (Å²) in [4.78, 5) is 52.9. The number of fused-ring (bicyclic) bond motifs is 1. The van der Waals surface area contributed by atoms with Gasteiger partial charge in [0.1, 0.15) is 5.02 Å². The van der Waals surface area contributed by atoms with Gasteiger partial charge in [-0.2, -0.15) is 10.1 Å². The van der Waals surface area contributed by atoms with Crippen LogP contribution in [0.1, 0.15) is 111 Å². The van der Waals surface area contributed by atoms with E-state index in [4.69, 9.17) is 25.8 Å². The molecule has 2 aliphatic heterocycles. The fourth-order valence-electron chi connectivity index (χ4n) is 10.2. The number of carbonyl (C=O) groups excluding carboxylic acids is 3. The van der Waals surface area contributed by atoms with Gasteiger partial charge < -0.3 is 35.1 Å². The predicted octanol–water partition coefficient (Wildman–Crippen LogP) is 11.1. The molecule has 0 spiro atoms.